The molecule has 1 nitrogen and oxygen atoms in total. The molecule has 0 radical (unpaired) electrons. The third-order valence-electron chi connectivity index (χ3n) is 4.41. The van der Waals surface area contributed by atoms with Gasteiger partial charge in [0, 0.05) is 10.4 Å². The second-order valence-corrected chi connectivity index (χ2v) is 8.48. The molecule has 0 aliphatic heterocycles. The second-order valence-electron chi connectivity index (χ2n) is 5.93. The maximum Gasteiger partial charge on any atom is 0.0701 e. The van der Waals surface area contributed by atoms with Gasteiger partial charge in [0.25, 0.3) is 0 Å². The summed E-state index contributed by atoms with van der Waals surface area (Å²) in [6, 6.07) is 15.2. The quantitative estimate of drug-likeness (QED) is 0.818. The van der Waals surface area contributed by atoms with Crippen molar-refractivity contribution in [1.82, 2.24) is 0 Å². The van der Waals surface area contributed by atoms with Crippen molar-refractivity contribution in [2.45, 2.75) is 43.6 Å². The first-order valence-corrected chi connectivity index (χ1v) is 8.84. The lowest BCUT2D eigenvalue weighted by molar-refractivity contribution is 0.272. The van der Waals surface area contributed by atoms with Gasteiger partial charge >= 0.3 is 0 Å². The van der Waals surface area contributed by atoms with Gasteiger partial charge in [0.2, 0.25) is 0 Å². The van der Waals surface area contributed by atoms with Crippen LogP contribution >= 0.6 is 27.3 Å². The fourth-order valence-corrected chi connectivity index (χ4v) is 4.86. The first-order chi connectivity index (χ1) is 9.65. The van der Waals surface area contributed by atoms with Crippen molar-refractivity contribution in [3.63, 3.8) is 0 Å². The summed E-state index contributed by atoms with van der Waals surface area (Å²) in [7, 11) is 0. The lowest BCUT2D eigenvalue weighted by atomic mass is 9.73. The summed E-state index contributed by atoms with van der Waals surface area (Å²) < 4.78 is 1.20. The highest BCUT2D eigenvalue weighted by Crippen LogP contribution is 2.39. The molecule has 2 aromatic rings. The molecular formula is C17H20BrNS. The van der Waals surface area contributed by atoms with Crippen LogP contribution < -0.4 is 5.73 Å². The van der Waals surface area contributed by atoms with Gasteiger partial charge in [-0.3, -0.25) is 0 Å². The van der Waals surface area contributed by atoms with Crippen LogP contribution in [0.4, 0.5) is 0 Å². The van der Waals surface area contributed by atoms with Crippen LogP contribution in [0.5, 0.6) is 0 Å². The zero-order valence-electron chi connectivity index (χ0n) is 11.5. The van der Waals surface area contributed by atoms with E-state index in [9.17, 15) is 0 Å². The predicted octanol–water partition coefficient (Wildman–Crippen LogP) is 5.11. The van der Waals surface area contributed by atoms with Crippen LogP contribution in [0.2, 0.25) is 0 Å². The van der Waals surface area contributed by atoms with Gasteiger partial charge in [-0.15, -0.1) is 11.3 Å². The minimum Gasteiger partial charge on any atom is -0.325 e. The van der Waals surface area contributed by atoms with Crippen LogP contribution in [0.3, 0.4) is 0 Å². The van der Waals surface area contributed by atoms with Gasteiger partial charge < -0.3 is 5.73 Å². The van der Waals surface area contributed by atoms with E-state index in [1.54, 1.807) is 0 Å². The van der Waals surface area contributed by atoms with E-state index in [0.717, 1.165) is 19.3 Å². The molecule has 0 atom stereocenters. The molecule has 0 saturated heterocycles. The molecule has 0 bridgehead atoms. The summed E-state index contributed by atoms with van der Waals surface area (Å²) >= 11 is 5.35. The van der Waals surface area contributed by atoms with E-state index >= 15 is 0 Å². The maximum absolute atomic E-state index is 6.63. The molecular weight excluding hydrogens is 330 g/mol. The number of thiophene rings is 1. The van der Waals surface area contributed by atoms with Gasteiger partial charge in [-0.2, -0.15) is 0 Å². The zero-order chi connectivity index (χ0) is 14.0. The lowest BCUT2D eigenvalue weighted by Crippen LogP contribution is -2.44. The van der Waals surface area contributed by atoms with Crippen molar-refractivity contribution in [2.24, 2.45) is 5.73 Å². The Morgan fingerprint density at radius 3 is 2.40 bits per heavy atom. The Balaban J connectivity index is 1.62. The van der Waals surface area contributed by atoms with E-state index in [1.807, 2.05) is 11.3 Å². The normalized spacial score (nSPS) is 26.6. The van der Waals surface area contributed by atoms with Crippen molar-refractivity contribution in [2.75, 3.05) is 0 Å². The number of benzene rings is 1. The van der Waals surface area contributed by atoms with Crippen LogP contribution in [0.1, 0.15) is 42.0 Å². The first-order valence-electron chi connectivity index (χ1n) is 7.23. The van der Waals surface area contributed by atoms with E-state index in [2.05, 4.69) is 58.4 Å². The number of rotatable bonds is 3. The fourth-order valence-electron chi connectivity index (χ4n) is 3.22. The Hall–Kier alpha value is -0.640. The third kappa shape index (κ3) is 3.33. The van der Waals surface area contributed by atoms with E-state index in [4.69, 9.17) is 5.73 Å². The number of hydrogen-bond donors (Lipinski definition) is 1. The standard InChI is InChI=1S/C17H20BrNS/c18-16-7-6-15(20-16)12-17(19)10-8-14(9-11-17)13-4-2-1-3-5-13/h1-7,14H,8-12,19H2. The maximum atomic E-state index is 6.63. The summed E-state index contributed by atoms with van der Waals surface area (Å²) in [4.78, 5) is 1.40. The third-order valence-corrected chi connectivity index (χ3v) is 6.03. The Bertz CT molecular complexity index is 555. The first kappa shape index (κ1) is 14.3. The minimum absolute atomic E-state index is 0.00439. The van der Waals surface area contributed by atoms with Gasteiger partial charge in [-0.05, 0) is 71.6 Å². The van der Waals surface area contributed by atoms with Crippen molar-refractivity contribution in [3.05, 3.63) is 56.7 Å². The molecule has 3 rings (SSSR count). The van der Waals surface area contributed by atoms with Crippen LogP contribution in [0.15, 0.2) is 46.3 Å². The molecule has 1 heterocycles. The highest BCUT2D eigenvalue weighted by Gasteiger charge is 2.32. The average molecular weight is 350 g/mol. The molecule has 106 valence electrons. The van der Waals surface area contributed by atoms with Gasteiger partial charge in [-0.25, -0.2) is 0 Å². The van der Waals surface area contributed by atoms with Crippen LogP contribution in [-0.4, -0.2) is 5.54 Å². The Kier molecular flexibility index (Phi) is 4.29. The lowest BCUT2D eigenvalue weighted by Gasteiger charge is -2.37. The number of hydrogen-bond acceptors (Lipinski definition) is 2. The molecule has 1 aliphatic carbocycles. The van der Waals surface area contributed by atoms with Gasteiger partial charge in [0.15, 0.2) is 0 Å². The molecule has 1 aromatic carbocycles. The molecule has 1 aliphatic rings. The molecule has 3 heteroatoms. The summed E-state index contributed by atoms with van der Waals surface area (Å²) in [5.74, 6) is 0.697. The van der Waals surface area contributed by atoms with Gasteiger partial charge in [-0.1, -0.05) is 30.3 Å². The van der Waals surface area contributed by atoms with E-state index in [0.29, 0.717) is 5.92 Å². The molecule has 1 fully saturated rings. The number of nitrogens with two attached hydrogens (primary N) is 1. The fraction of sp³-hybridized carbons (Fsp3) is 0.412. The molecule has 1 saturated carbocycles. The number of halogens is 1. The van der Waals surface area contributed by atoms with E-state index < -0.39 is 0 Å². The van der Waals surface area contributed by atoms with Crippen molar-refractivity contribution >= 4 is 27.3 Å². The molecule has 1 aromatic heterocycles. The Morgan fingerprint density at radius 2 is 1.80 bits per heavy atom. The largest absolute Gasteiger partial charge is 0.325 e. The van der Waals surface area contributed by atoms with Crippen LogP contribution in [0.25, 0.3) is 0 Å². The van der Waals surface area contributed by atoms with Gasteiger partial charge in [0.05, 0.1) is 3.79 Å². The second kappa shape index (κ2) is 6.00. The average Bonchev–Trinajstić information content (AvgIpc) is 2.85. The minimum atomic E-state index is -0.00439. The highest BCUT2D eigenvalue weighted by atomic mass is 79.9. The molecule has 0 unspecified atom stereocenters. The Morgan fingerprint density at radius 1 is 1.10 bits per heavy atom. The monoisotopic (exact) mass is 349 g/mol. The van der Waals surface area contributed by atoms with Crippen molar-refractivity contribution < 1.29 is 0 Å². The highest BCUT2D eigenvalue weighted by molar-refractivity contribution is 9.11. The summed E-state index contributed by atoms with van der Waals surface area (Å²) in [6.45, 7) is 0. The smallest absolute Gasteiger partial charge is 0.0701 e. The van der Waals surface area contributed by atoms with Crippen LogP contribution in [-0.2, 0) is 6.42 Å². The zero-order valence-corrected chi connectivity index (χ0v) is 13.9. The summed E-state index contributed by atoms with van der Waals surface area (Å²) in [5, 5.41) is 0. The molecule has 0 spiro atoms. The molecule has 20 heavy (non-hydrogen) atoms. The predicted molar refractivity (Wildman–Crippen MR) is 90.3 cm³/mol. The van der Waals surface area contributed by atoms with Crippen LogP contribution in [0, 0.1) is 0 Å². The van der Waals surface area contributed by atoms with E-state index in [1.165, 1.54) is 27.1 Å². The van der Waals surface area contributed by atoms with Crippen molar-refractivity contribution in [3.8, 4) is 0 Å². The van der Waals surface area contributed by atoms with Crippen molar-refractivity contribution in [1.29, 1.82) is 0 Å². The topological polar surface area (TPSA) is 26.0 Å². The molecule has 0 amide bonds. The van der Waals surface area contributed by atoms with Gasteiger partial charge in [0.1, 0.15) is 0 Å². The molecule has 2 N–H and O–H groups in total. The Labute approximate surface area is 133 Å². The summed E-state index contributed by atoms with van der Waals surface area (Å²) in [6.07, 6.45) is 5.70. The summed E-state index contributed by atoms with van der Waals surface area (Å²) in [5.41, 5.74) is 8.11. The van der Waals surface area contributed by atoms with E-state index in [-0.39, 0.29) is 5.54 Å². The SMILES string of the molecule is NC1(Cc2ccc(Br)s2)CCC(c2ccccc2)CC1.